The molecule has 19 heavy (non-hydrogen) atoms. The van der Waals surface area contributed by atoms with Gasteiger partial charge in [0, 0.05) is 13.0 Å². The maximum Gasteiger partial charge on any atom is 0.242 e. The van der Waals surface area contributed by atoms with Crippen molar-refractivity contribution < 1.29 is 12.8 Å². The van der Waals surface area contributed by atoms with Crippen LogP contribution in [0.4, 0.5) is 10.1 Å². The smallest absolute Gasteiger partial charge is 0.242 e. The molecule has 1 heterocycles. The van der Waals surface area contributed by atoms with E-state index in [1.165, 1.54) is 6.33 Å². The van der Waals surface area contributed by atoms with E-state index in [2.05, 4.69) is 19.9 Å². The first-order valence-electron chi connectivity index (χ1n) is 5.38. The zero-order valence-electron chi connectivity index (χ0n) is 9.80. The Kier molecular flexibility index (Phi) is 3.76. The second-order valence-electron chi connectivity index (χ2n) is 3.76. The molecular formula is C10H12FN5O2S. The molecule has 0 unspecified atom stereocenters. The van der Waals surface area contributed by atoms with E-state index in [0.717, 1.165) is 18.2 Å². The van der Waals surface area contributed by atoms with Crippen molar-refractivity contribution in [2.24, 2.45) is 0 Å². The van der Waals surface area contributed by atoms with Crippen molar-refractivity contribution in [3.05, 3.63) is 36.2 Å². The normalized spacial score (nSPS) is 11.6. The second-order valence-corrected chi connectivity index (χ2v) is 5.50. The van der Waals surface area contributed by atoms with Crippen LogP contribution < -0.4 is 10.5 Å². The van der Waals surface area contributed by atoms with Gasteiger partial charge in [-0.3, -0.25) is 5.10 Å². The number of H-pyrrole nitrogens is 1. The zero-order chi connectivity index (χ0) is 13.9. The Morgan fingerprint density at radius 3 is 2.84 bits per heavy atom. The van der Waals surface area contributed by atoms with Crippen LogP contribution in [-0.4, -0.2) is 30.1 Å². The van der Waals surface area contributed by atoms with Crippen LogP contribution in [-0.2, 0) is 16.4 Å². The number of hydrogen-bond donors (Lipinski definition) is 3. The lowest BCUT2D eigenvalue weighted by molar-refractivity contribution is 0.580. The highest BCUT2D eigenvalue weighted by Gasteiger charge is 2.17. The number of benzene rings is 1. The molecule has 1 aromatic carbocycles. The summed E-state index contributed by atoms with van der Waals surface area (Å²) in [5.41, 5.74) is 5.35. The highest BCUT2D eigenvalue weighted by Crippen LogP contribution is 2.18. The molecule has 4 N–H and O–H groups in total. The molecule has 0 bridgehead atoms. The summed E-state index contributed by atoms with van der Waals surface area (Å²) in [7, 11) is -3.76. The summed E-state index contributed by atoms with van der Waals surface area (Å²) in [6, 6.07) is 3.13. The van der Waals surface area contributed by atoms with Gasteiger partial charge in [0.15, 0.2) is 0 Å². The molecule has 102 valence electrons. The molecule has 0 spiro atoms. The fraction of sp³-hybridized carbons (Fsp3) is 0.200. The first-order chi connectivity index (χ1) is 8.99. The first-order valence-corrected chi connectivity index (χ1v) is 6.86. The fourth-order valence-electron chi connectivity index (χ4n) is 1.50. The third kappa shape index (κ3) is 3.26. The van der Waals surface area contributed by atoms with Crippen LogP contribution in [0.5, 0.6) is 0 Å². The predicted octanol–water partition coefficient (Wildman–Crippen LogP) is 0.0470. The van der Waals surface area contributed by atoms with Crippen molar-refractivity contribution in [2.75, 3.05) is 12.3 Å². The molecular weight excluding hydrogens is 273 g/mol. The first kappa shape index (κ1) is 13.4. The zero-order valence-corrected chi connectivity index (χ0v) is 10.6. The van der Waals surface area contributed by atoms with Gasteiger partial charge in [-0.1, -0.05) is 0 Å². The number of nitrogens with two attached hydrogens (primary N) is 1. The molecule has 2 aromatic rings. The summed E-state index contributed by atoms with van der Waals surface area (Å²) in [5.74, 6) is -0.0205. The molecule has 0 saturated carbocycles. The van der Waals surface area contributed by atoms with E-state index in [1.54, 1.807) is 0 Å². The minimum atomic E-state index is -3.76. The number of hydrogen-bond acceptors (Lipinski definition) is 5. The molecule has 0 aliphatic rings. The van der Waals surface area contributed by atoms with E-state index in [1.807, 2.05) is 0 Å². The summed E-state index contributed by atoms with van der Waals surface area (Å²) in [4.78, 5) is 3.72. The molecule has 0 aliphatic heterocycles. The Morgan fingerprint density at radius 2 is 2.21 bits per heavy atom. The SMILES string of the molecule is Nc1cc(F)ccc1S(=O)(=O)NCCc1ncn[nH]1. The molecule has 2 rings (SSSR count). The van der Waals surface area contributed by atoms with Gasteiger partial charge in [-0.25, -0.2) is 22.5 Å². The van der Waals surface area contributed by atoms with Crippen LogP contribution in [0.1, 0.15) is 5.82 Å². The molecule has 9 heteroatoms. The van der Waals surface area contributed by atoms with Crippen LogP contribution in [0.2, 0.25) is 0 Å². The quantitative estimate of drug-likeness (QED) is 0.671. The van der Waals surface area contributed by atoms with Gasteiger partial charge in [-0.15, -0.1) is 0 Å². The summed E-state index contributed by atoms with van der Waals surface area (Å²) in [6.45, 7) is 0.133. The van der Waals surface area contributed by atoms with Crippen molar-refractivity contribution in [3.8, 4) is 0 Å². The van der Waals surface area contributed by atoms with Crippen molar-refractivity contribution in [2.45, 2.75) is 11.3 Å². The van der Waals surface area contributed by atoms with Gasteiger partial charge in [-0.2, -0.15) is 5.10 Å². The average molecular weight is 285 g/mol. The number of rotatable bonds is 5. The standard InChI is InChI=1S/C10H12FN5O2S/c11-7-1-2-9(8(12)5-7)19(17,18)15-4-3-10-13-6-14-16-10/h1-2,5-6,15H,3-4,12H2,(H,13,14,16). The third-order valence-electron chi connectivity index (χ3n) is 2.38. The minimum Gasteiger partial charge on any atom is -0.398 e. The van der Waals surface area contributed by atoms with Gasteiger partial charge in [0.1, 0.15) is 22.9 Å². The van der Waals surface area contributed by atoms with Gasteiger partial charge in [0.05, 0.1) is 5.69 Å². The maximum atomic E-state index is 12.9. The Labute approximate surface area is 109 Å². The molecule has 1 aromatic heterocycles. The Bertz CT molecular complexity index is 657. The number of nitrogens with zero attached hydrogens (tertiary/aromatic N) is 2. The minimum absolute atomic E-state index is 0.132. The molecule has 0 radical (unpaired) electrons. The average Bonchev–Trinajstić information content (AvgIpc) is 2.81. The van der Waals surface area contributed by atoms with Crippen molar-refractivity contribution in [1.82, 2.24) is 19.9 Å². The molecule has 0 fully saturated rings. The van der Waals surface area contributed by atoms with E-state index in [4.69, 9.17) is 5.73 Å². The lowest BCUT2D eigenvalue weighted by atomic mass is 10.3. The van der Waals surface area contributed by atoms with Crippen LogP contribution >= 0.6 is 0 Å². The monoisotopic (exact) mass is 285 g/mol. The Balaban J connectivity index is 2.05. The maximum absolute atomic E-state index is 12.9. The number of anilines is 1. The number of aromatic nitrogens is 3. The number of nitrogen functional groups attached to an aromatic ring is 1. The summed E-state index contributed by atoms with van der Waals surface area (Å²) in [6.07, 6.45) is 1.70. The Hall–Kier alpha value is -2.00. The Morgan fingerprint density at radius 1 is 1.42 bits per heavy atom. The lowest BCUT2D eigenvalue weighted by Gasteiger charge is -2.08. The van der Waals surface area contributed by atoms with Crippen LogP contribution in [0.3, 0.4) is 0 Å². The van der Waals surface area contributed by atoms with E-state index < -0.39 is 15.8 Å². The largest absolute Gasteiger partial charge is 0.398 e. The van der Waals surface area contributed by atoms with Gasteiger partial charge in [0.25, 0.3) is 0 Å². The van der Waals surface area contributed by atoms with E-state index in [-0.39, 0.29) is 17.1 Å². The van der Waals surface area contributed by atoms with Gasteiger partial charge < -0.3 is 5.73 Å². The predicted molar refractivity (Wildman–Crippen MR) is 66.1 cm³/mol. The molecule has 0 saturated heterocycles. The number of sulfonamides is 1. The number of aromatic amines is 1. The molecule has 0 atom stereocenters. The van der Waals surface area contributed by atoms with Crippen LogP contribution in [0.25, 0.3) is 0 Å². The van der Waals surface area contributed by atoms with Gasteiger partial charge in [-0.05, 0) is 18.2 Å². The van der Waals surface area contributed by atoms with Crippen LogP contribution in [0.15, 0.2) is 29.4 Å². The molecule has 7 nitrogen and oxygen atoms in total. The van der Waals surface area contributed by atoms with E-state index in [0.29, 0.717) is 12.2 Å². The molecule has 0 aliphatic carbocycles. The third-order valence-corrected chi connectivity index (χ3v) is 3.92. The van der Waals surface area contributed by atoms with E-state index >= 15 is 0 Å². The van der Waals surface area contributed by atoms with Crippen molar-refractivity contribution in [3.63, 3.8) is 0 Å². The number of halogens is 1. The lowest BCUT2D eigenvalue weighted by Crippen LogP contribution is -2.27. The van der Waals surface area contributed by atoms with E-state index in [9.17, 15) is 12.8 Å². The second kappa shape index (κ2) is 5.33. The van der Waals surface area contributed by atoms with Crippen LogP contribution in [0, 0.1) is 5.82 Å². The summed E-state index contributed by atoms with van der Waals surface area (Å²) >= 11 is 0. The number of nitrogens with one attached hydrogen (secondary N) is 2. The van der Waals surface area contributed by atoms with Gasteiger partial charge in [0.2, 0.25) is 10.0 Å². The van der Waals surface area contributed by atoms with Crippen molar-refractivity contribution in [1.29, 1.82) is 0 Å². The topological polar surface area (TPSA) is 114 Å². The highest BCUT2D eigenvalue weighted by atomic mass is 32.2. The summed E-state index contributed by atoms with van der Waals surface area (Å²) < 4.78 is 39.1. The highest BCUT2D eigenvalue weighted by molar-refractivity contribution is 7.89. The molecule has 0 amide bonds. The fourth-order valence-corrected chi connectivity index (χ4v) is 2.64. The van der Waals surface area contributed by atoms with Crippen molar-refractivity contribution >= 4 is 15.7 Å². The summed E-state index contributed by atoms with van der Waals surface area (Å²) in [5, 5.41) is 6.26. The van der Waals surface area contributed by atoms with Gasteiger partial charge >= 0.3 is 0 Å².